The molecule has 0 atom stereocenters. The van der Waals surface area contributed by atoms with Gasteiger partial charge in [0.15, 0.2) is 0 Å². The van der Waals surface area contributed by atoms with Crippen molar-refractivity contribution in [2.24, 2.45) is 10.9 Å². The maximum atomic E-state index is 5.83. The Balaban J connectivity index is 3.83. The summed E-state index contributed by atoms with van der Waals surface area (Å²) in [5, 5.41) is 0. The normalized spacial score (nSPS) is 12.7. The van der Waals surface area contributed by atoms with Crippen molar-refractivity contribution in [1.82, 2.24) is 0 Å². The van der Waals surface area contributed by atoms with Crippen LogP contribution < -0.4 is 0 Å². The fraction of sp³-hybridized carbons (Fsp3) is 0.933. The van der Waals surface area contributed by atoms with Crippen LogP contribution in [-0.4, -0.2) is 34.8 Å². The summed E-state index contributed by atoms with van der Waals surface area (Å²) in [6, 6.07) is 1.08. The summed E-state index contributed by atoms with van der Waals surface area (Å²) >= 11 is 0. The summed E-state index contributed by atoms with van der Waals surface area (Å²) in [4.78, 5) is 4.62. The molecule has 0 bridgehead atoms. The van der Waals surface area contributed by atoms with E-state index in [0.717, 1.165) is 51.5 Å². The topological polar surface area (TPSA) is 30.8 Å². The first-order valence-corrected chi connectivity index (χ1v) is 9.59. The number of hydrogen-bond donors (Lipinski definition) is 0. The third-order valence-corrected chi connectivity index (χ3v) is 4.79. The number of rotatable bonds is 12. The molecular formula is C15H33NO2Si. The van der Waals surface area contributed by atoms with Crippen molar-refractivity contribution < 1.29 is 8.85 Å². The van der Waals surface area contributed by atoms with Gasteiger partial charge in [0.1, 0.15) is 0 Å². The van der Waals surface area contributed by atoms with Crippen LogP contribution in [0, 0.1) is 5.92 Å². The van der Waals surface area contributed by atoms with Crippen LogP contribution in [-0.2, 0) is 8.85 Å². The first-order valence-electron chi connectivity index (χ1n) is 7.83. The molecule has 0 fully saturated rings. The highest BCUT2D eigenvalue weighted by molar-refractivity contribution is 6.44. The maximum absolute atomic E-state index is 5.83. The molecule has 0 spiro atoms. The van der Waals surface area contributed by atoms with Gasteiger partial charge in [-0.2, -0.15) is 0 Å². The van der Waals surface area contributed by atoms with Crippen molar-refractivity contribution in [3.05, 3.63) is 0 Å². The largest absolute Gasteiger partial charge is 0.397 e. The molecule has 3 nitrogen and oxygen atoms in total. The maximum Gasteiger partial charge on any atom is 0.321 e. The molecule has 0 aromatic heterocycles. The predicted octanol–water partition coefficient (Wildman–Crippen LogP) is 3.96. The fourth-order valence-corrected chi connectivity index (χ4v) is 3.84. The highest BCUT2D eigenvalue weighted by atomic mass is 28.3. The molecule has 114 valence electrons. The molecule has 0 aliphatic heterocycles. The Morgan fingerprint density at radius 1 is 1.11 bits per heavy atom. The quantitative estimate of drug-likeness (QED) is 0.309. The SMILES string of the molecule is CCCO[SiH](CCCN=C(C)CC(C)C)OCCC. The van der Waals surface area contributed by atoms with Gasteiger partial charge in [-0.3, -0.25) is 4.99 Å². The second kappa shape index (κ2) is 12.8. The molecule has 0 N–H and O–H groups in total. The Labute approximate surface area is 121 Å². The van der Waals surface area contributed by atoms with Gasteiger partial charge in [-0.25, -0.2) is 0 Å². The van der Waals surface area contributed by atoms with Gasteiger partial charge in [-0.1, -0.05) is 27.7 Å². The minimum Gasteiger partial charge on any atom is -0.397 e. The van der Waals surface area contributed by atoms with Gasteiger partial charge >= 0.3 is 9.28 Å². The monoisotopic (exact) mass is 287 g/mol. The lowest BCUT2D eigenvalue weighted by molar-refractivity contribution is 0.196. The van der Waals surface area contributed by atoms with Gasteiger partial charge in [0.2, 0.25) is 0 Å². The molecule has 0 saturated carbocycles. The molecular weight excluding hydrogens is 254 g/mol. The Hall–Kier alpha value is -0.193. The van der Waals surface area contributed by atoms with E-state index in [4.69, 9.17) is 8.85 Å². The average molecular weight is 288 g/mol. The van der Waals surface area contributed by atoms with Crippen LogP contribution in [0.25, 0.3) is 0 Å². The molecule has 0 amide bonds. The van der Waals surface area contributed by atoms with E-state index in [0.29, 0.717) is 5.92 Å². The fourth-order valence-electron chi connectivity index (χ4n) is 1.90. The summed E-state index contributed by atoms with van der Waals surface area (Å²) in [5.41, 5.74) is 1.28. The van der Waals surface area contributed by atoms with Crippen LogP contribution in [0.5, 0.6) is 0 Å². The minimum atomic E-state index is -1.43. The Kier molecular flexibility index (Phi) is 12.7. The summed E-state index contributed by atoms with van der Waals surface area (Å²) in [5.74, 6) is 0.701. The van der Waals surface area contributed by atoms with E-state index in [2.05, 4.69) is 39.6 Å². The van der Waals surface area contributed by atoms with Gasteiger partial charge in [-0.15, -0.1) is 0 Å². The Morgan fingerprint density at radius 3 is 2.16 bits per heavy atom. The molecule has 4 heteroatoms. The standard InChI is InChI=1S/C15H33NO2Si/c1-6-10-17-19(18-11-7-2)12-8-9-16-15(5)13-14(3)4/h14,19H,6-13H2,1-5H3. The molecule has 0 heterocycles. The zero-order chi connectivity index (χ0) is 14.5. The van der Waals surface area contributed by atoms with E-state index in [1.807, 2.05) is 0 Å². The lowest BCUT2D eigenvalue weighted by atomic mass is 10.1. The minimum absolute atomic E-state index is 0.701. The second-order valence-electron chi connectivity index (χ2n) is 5.53. The summed E-state index contributed by atoms with van der Waals surface area (Å²) in [7, 11) is -1.43. The van der Waals surface area contributed by atoms with Crippen LogP contribution >= 0.6 is 0 Å². The van der Waals surface area contributed by atoms with Crippen LogP contribution in [0.3, 0.4) is 0 Å². The molecule has 0 rings (SSSR count). The van der Waals surface area contributed by atoms with Crippen molar-refractivity contribution in [2.45, 2.75) is 66.3 Å². The molecule has 0 aromatic rings. The first-order chi connectivity index (χ1) is 9.10. The van der Waals surface area contributed by atoms with Gasteiger partial charge in [0, 0.05) is 25.5 Å². The third-order valence-electron chi connectivity index (χ3n) is 2.70. The van der Waals surface area contributed by atoms with Crippen molar-refractivity contribution in [3.63, 3.8) is 0 Å². The third kappa shape index (κ3) is 12.6. The molecule has 19 heavy (non-hydrogen) atoms. The van der Waals surface area contributed by atoms with E-state index in [1.165, 1.54) is 5.71 Å². The van der Waals surface area contributed by atoms with E-state index in [1.54, 1.807) is 0 Å². The summed E-state index contributed by atoms with van der Waals surface area (Å²) < 4.78 is 11.7. The van der Waals surface area contributed by atoms with Gasteiger partial charge in [0.05, 0.1) is 0 Å². The summed E-state index contributed by atoms with van der Waals surface area (Å²) in [6.07, 6.45) is 4.36. The highest BCUT2D eigenvalue weighted by Gasteiger charge is 2.12. The van der Waals surface area contributed by atoms with E-state index >= 15 is 0 Å². The zero-order valence-electron chi connectivity index (χ0n) is 13.6. The van der Waals surface area contributed by atoms with Crippen molar-refractivity contribution >= 4 is 15.0 Å². The highest BCUT2D eigenvalue weighted by Crippen LogP contribution is 2.05. The number of hydrogen-bond acceptors (Lipinski definition) is 3. The van der Waals surface area contributed by atoms with Crippen LogP contribution in [0.2, 0.25) is 6.04 Å². The number of nitrogens with zero attached hydrogens (tertiary/aromatic N) is 1. The van der Waals surface area contributed by atoms with Gasteiger partial charge in [0.25, 0.3) is 0 Å². The predicted molar refractivity (Wildman–Crippen MR) is 86.5 cm³/mol. The average Bonchev–Trinajstić information content (AvgIpc) is 2.35. The lowest BCUT2D eigenvalue weighted by Crippen LogP contribution is -2.24. The second-order valence-corrected chi connectivity index (χ2v) is 7.63. The molecule has 0 radical (unpaired) electrons. The zero-order valence-corrected chi connectivity index (χ0v) is 14.7. The molecule has 0 saturated heterocycles. The molecule has 0 unspecified atom stereocenters. The van der Waals surface area contributed by atoms with Crippen LogP contribution in [0.15, 0.2) is 4.99 Å². The number of aliphatic imine (C=N–C) groups is 1. The van der Waals surface area contributed by atoms with Crippen molar-refractivity contribution in [3.8, 4) is 0 Å². The van der Waals surface area contributed by atoms with Crippen molar-refractivity contribution in [1.29, 1.82) is 0 Å². The van der Waals surface area contributed by atoms with Gasteiger partial charge < -0.3 is 8.85 Å². The smallest absolute Gasteiger partial charge is 0.321 e. The molecule has 0 aromatic carbocycles. The lowest BCUT2D eigenvalue weighted by Gasteiger charge is -2.15. The Morgan fingerprint density at radius 2 is 1.68 bits per heavy atom. The Bertz CT molecular complexity index is 224. The van der Waals surface area contributed by atoms with Crippen LogP contribution in [0.4, 0.5) is 0 Å². The summed E-state index contributed by atoms with van der Waals surface area (Å²) in [6.45, 7) is 13.5. The van der Waals surface area contributed by atoms with Crippen molar-refractivity contribution in [2.75, 3.05) is 19.8 Å². The van der Waals surface area contributed by atoms with Gasteiger partial charge in [-0.05, 0) is 44.6 Å². The molecule has 0 aliphatic carbocycles. The van der Waals surface area contributed by atoms with E-state index in [9.17, 15) is 0 Å². The first kappa shape index (κ1) is 18.8. The van der Waals surface area contributed by atoms with Crippen LogP contribution in [0.1, 0.15) is 60.3 Å². The van der Waals surface area contributed by atoms with E-state index in [-0.39, 0.29) is 0 Å². The van der Waals surface area contributed by atoms with E-state index < -0.39 is 9.28 Å². The molecule has 0 aliphatic rings.